The predicted molar refractivity (Wildman–Crippen MR) is 95.0 cm³/mol. The van der Waals surface area contributed by atoms with Gasteiger partial charge in [0.2, 0.25) is 5.91 Å². The van der Waals surface area contributed by atoms with Gasteiger partial charge < -0.3 is 10.1 Å². The fourth-order valence-corrected chi connectivity index (χ4v) is 2.93. The maximum atomic E-state index is 11.9. The van der Waals surface area contributed by atoms with E-state index in [-0.39, 0.29) is 5.91 Å². The van der Waals surface area contributed by atoms with Crippen LogP contribution in [0.5, 0.6) is 5.75 Å². The fourth-order valence-electron chi connectivity index (χ4n) is 2.06. The molecule has 0 aliphatic carbocycles. The molecule has 1 aromatic heterocycles. The van der Waals surface area contributed by atoms with Crippen LogP contribution in [0.1, 0.15) is 11.9 Å². The van der Waals surface area contributed by atoms with Crippen molar-refractivity contribution < 1.29 is 14.3 Å². The molecule has 5 nitrogen and oxygen atoms in total. The second-order valence-corrected chi connectivity index (χ2v) is 6.04. The summed E-state index contributed by atoms with van der Waals surface area (Å²) in [7, 11) is 0. The molecule has 0 unspecified atom stereocenters. The molecule has 1 heterocycles. The molecule has 6 heteroatoms. The smallest absolute Gasteiger partial charge is 0.336 e. The Kier molecular flexibility index (Phi) is 4.67. The van der Waals surface area contributed by atoms with E-state index in [0.29, 0.717) is 11.4 Å². The Bertz CT molecular complexity index is 880. The minimum absolute atomic E-state index is 0.154. The third-order valence-electron chi connectivity index (χ3n) is 3.07. The van der Waals surface area contributed by atoms with Gasteiger partial charge in [0.25, 0.3) is 0 Å². The van der Waals surface area contributed by atoms with Gasteiger partial charge in [0.15, 0.2) is 0 Å². The summed E-state index contributed by atoms with van der Waals surface area (Å²) in [5.74, 6) is -0.233. The van der Waals surface area contributed by atoms with Crippen molar-refractivity contribution in [1.29, 1.82) is 0 Å². The van der Waals surface area contributed by atoms with E-state index in [1.165, 1.54) is 24.3 Å². The first-order valence-corrected chi connectivity index (χ1v) is 8.05. The number of thiazole rings is 1. The van der Waals surface area contributed by atoms with Crippen LogP contribution in [0.25, 0.3) is 16.3 Å². The first-order chi connectivity index (χ1) is 11.6. The maximum Gasteiger partial charge on any atom is 0.336 e. The summed E-state index contributed by atoms with van der Waals surface area (Å²) in [6, 6.07) is 14.4. The minimum atomic E-state index is -0.485. The summed E-state index contributed by atoms with van der Waals surface area (Å²) in [6.07, 6.45) is 2.98. The van der Waals surface area contributed by atoms with Gasteiger partial charge in [-0.1, -0.05) is 12.1 Å². The highest BCUT2D eigenvalue weighted by molar-refractivity contribution is 7.19. The van der Waals surface area contributed by atoms with Crippen molar-refractivity contribution in [2.45, 2.75) is 6.92 Å². The second kappa shape index (κ2) is 7.06. The van der Waals surface area contributed by atoms with Gasteiger partial charge in [-0.25, -0.2) is 9.78 Å². The molecule has 0 bridgehead atoms. The monoisotopic (exact) mass is 338 g/mol. The number of hydrogen-bond donors (Lipinski definition) is 1. The van der Waals surface area contributed by atoms with E-state index in [0.717, 1.165) is 15.2 Å². The fraction of sp³-hybridized carbons (Fsp3) is 0.0556. The van der Waals surface area contributed by atoms with Gasteiger partial charge in [0.1, 0.15) is 10.8 Å². The number of esters is 1. The number of benzene rings is 2. The molecule has 1 amide bonds. The van der Waals surface area contributed by atoms with E-state index in [1.807, 2.05) is 24.3 Å². The number of fused-ring (bicyclic) bond motifs is 1. The molecule has 120 valence electrons. The molecule has 3 aromatic rings. The van der Waals surface area contributed by atoms with Crippen molar-refractivity contribution in [1.82, 2.24) is 4.98 Å². The number of carbonyl (C=O) groups is 2. The molecule has 1 N–H and O–H groups in total. The summed E-state index contributed by atoms with van der Waals surface area (Å²) in [5, 5.41) is 3.39. The SMILES string of the molecule is CC(=O)Nc1ccc(OC(=O)/C=C/c2nc3ccccc3s2)cc1. The molecule has 0 fully saturated rings. The molecule has 0 radical (unpaired) electrons. The van der Waals surface area contributed by atoms with Crippen LogP contribution in [0, 0.1) is 0 Å². The topological polar surface area (TPSA) is 68.3 Å². The van der Waals surface area contributed by atoms with Crippen LogP contribution in [0.15, 0.2) is 54.6 Å². The highest BCUT2D eigenvalue weighted by Gasteiger charge is 2.04. The van der Waals surface area contributed by atoms with E-state index in [9.17, 15) is 9.59 Å². The molecular weight excluding hydrogens is 324 g/mol. The first kappa shape index (κ1) is 15.9. The van der Waals surface area contributed by atoms with Crippen LogP contribution < -0.4 is 10.1 Å². The van der Waals surface area contributed by atoms with Crippen LogP contribution in [0.2, 0.25) is 0 Å². The number of hydrogen-bond acceptors (Lipinski definition) is 5. The van der Waals surface area contributed by atoms with Gasteiger partial charge in [-0.3, -0.25) is 4.79 Å². The van der Waals surface area contributed by atoms with Crippen molar-refractivity contribution in [3.05, 3.63) is 59.6 Å². The number of amides is 1. The molecule has 0 saturated carbocycles. The number of rotatable bonds is 4. The number of anilines is 1. The van der Waals surface area contributed by atoms with E-state index in [4.69, 9.17) is 4.74 Å². The van der Waals surface area contributed by atoms with Crippen molar-refractivity contribution in [2.75, 3.05) is 5.32 Å². The molecule has 0 aliphatic rings. The van der Waals surface area contributed by atoms with Crippen LogP contribution in [-0.2, 0) is 9.59 Å². The number of ether oxygens (including phenoxy) is 1. The van der Waals surface area contributed by atoms with Crippen molar-refractivity contribution >= 4 is 45.2 Å². The average molecular weight is 338 g/mol. The lowest BCUT2D eigenvalue weighted by Crippen LogP contribution is -2.06. The number of carbonyl (C=O) groups excluding carboxylic acids is 2. The minimum Gasteiger partial charge on any atom is -0.423 e. The van der Waals surface area contributed by atoms with Crippen molar-refractivity contribution in [3.63, 3.8) is 0 Å². The number of nitrogens with zero attached hydrogens (tertiary/aromatic N) is 1. The third kappa shape index (κ3) is 4.05. The maximum absolute atomic E-state index is 11.9. The van der Waals surface area contributed by atoms with E-state index in [1.54, 1.807) is 30.3 Å². The van der Waals surface area contributed by atoms with Gasteiger partial charge in [0.05, 0.1) is 10.2 Å². The summed E-state index contributed by atoms with van der Waals surface area (Å²) in [5.41, 5.74) is 1.55. The summed E-state index contributed by atoms with van der Waals surface area (Å²) < 4.78 is 6.28. The van der Waals surface area contributed by atoms with Gasteiger partial charge in [-0.15, -0.1) is 11.3 Å². The zero-order valence-electron chi connectivity index (χ0n) is 12.9. The Balaban J connectivity index is 1.63. The average Bonchev–Trinajstić information content (AvgIpc) is 2.97. The molecule has 0 spiro atoms. The second-order valence-electron chi connectivity index (χ2n) is 4.98. The number of aromatic nitrogens is 1. The highest BCUT2D eigenvalue weighted by atomic mass is 32.1. The zero-order valence-corrected chi connectivity index (χ0v) is 13.7. The Hall–Kier alpha value is -2.99. The first-order valence-electron chi connectivity index (χ1n) is 7.23. The molecule has 3 rings (SSSR count). The lowest BCUT2D eigenvalue weighted by atomic mass is 10.3. The molecule has 0 atom stereocenters. The predicted octanol–water partition coefficient (Wildman–Crippen LogP) is 3.87. The Morgan fingerprint density at radius 1 is 1.12 bits per heavy atom. The Morgan fingerprint density at radius 3 is 2.58 bits per heavy atom. The molecule has 24 heavy (non-hydrogen) atoms. The Labute approximate surface area is 142 Å². The summed E-state index contributed by atoms with van der Waals surface area (Å²) in [6.45, 7) is 1.43. The molecule has 2 aromatic carbocycles. The van der Waals surface area contributed by atoms with Gasteiger partial charge in [-0.05, 0) is 42.5 Å². The lowest BCUT2D eigenvalue weighted by molar-refractivity contribution is -0.128. The van der Waals surface area contributed by atoms with Gasteiger partial charge >= 0.3 is 5.97 Å². The van der Waals surface area contributed by atoms with Crippen LogP contribution in [0.4, 0.5) is 5.69 Å². The van der Waals surface area contributed by atoms with Crippen molar-refractivity contribution in [2.24, 2.45) is 0 Å². The molecular formula is C18H14N2O3S. The van der Waals surface area contributed by atoms with Crippen LogP contribution in [-0.4, -0.2) is 16.9 Å². The zero-order chi connectivity index (χ0) is 16.9. The summed E-state index contributed by atoms with van der Waals surface area (Å²) in [4.78, 5) is 27.2. The number of para-hydroxylation sites is 1. The quantitative estimate of drug-likeness (QED) is 0.445. The van der Waals surface area contributed by atoms with Gasteiger partial charge in [0, 0.05) is 18.7 Å². The van der Waals surface area contributed by atoms with E-state index >= 15 is 0 Å². The van der Waals surface area contributed by atoms with Gasteiger partial charge in [-0.2, -0.15) is 0 Å². The third-order valence-corrected chi connectivity index (χ3v) is 4.07. The van der Waals surface area contributed by atoms with Crippen molar-refractivity contribution in [3.8, 4) is 5.75 Å². The summed E-state index contributed by atoms with van der Waals surface area (Å²) >= 11 is 1.51. The van der Waals surface area contributed by atoms with Crippen LogP contribution in [0.3, 0.4) is 0 Å². The standard InChI is InChI=1S/C18H14N2O3S/c1-12(21)19-13-6-8-14(9-7-13)23-18(22)11-10-17-20-15-4-2-3-5-16(15)24-17/h2-11H,1H3,(H,19,21)/b11-10+. The molecule has 0 aliphatic heterocycles. The van der Waals surface area contributed by atoms with Crippen LogP contribution >= 0.6 is 11.3 Å². The normalized spacial score (nSPS) is 10.9. The number of nitrogens with one attached hydrogen (secondary N) is 1. The lowest BCUT2D eigenvalue weighted by Gasteiger charge is -2.04. The highest BCUT2D eigenvalue weighted by Crippen LogP contribution is 2.22. The Morgan fingerprint density at radius 2 is 1.88 bits per heavy atom. The largest absolute Gasteiger partial charge is 0.423 e. The molecule has 0 saturated heterocycles. The van der Waals surface area contributed by atoms with E-state index < -0.39 is 5.97 Å². The van der Waals surface area contributed by atoms with E-state index in [2.05, 4.69) is 10.3 Å².